The molecule has 1 aromatic heterocycles. The highest BCUT2D eigenvalue weighted by Gasteiger charge is 2.20. The third-order valence-corrected chi connectivity index (χ3v) is 3.82. The fourth-order valence-corrected chi connectivity index (χ4v) is 2.40. The van der Waals surface area contributed by atoms with Crippen molar-refractivity contribution in [1.82, 2.24) is 10.3 Å². The number of pyridine rings is 1. The molecule has 1 saturated carbocycles. The number of halogens is 1. The Bertz CT molecular complexity index is 585. The van der Waals surface area contributed by atoms with Crippen LogP contribution in [0.15, 0.2) is 42.7 Å². The number of hydrogen-bond acceptors (Lipinski definition) is 3. The van der Waals surface area contributed by atoms with Crippen LogP contribution in [0.25, 0.3) is 0 Å². The maximum atomic E-state index is 6.09. The van der Waals surface area contributed by atoms with E-state index in [2.05, 4.69) is 10.3 Å². The highest BCUT2D eigenvalue weighted by atomic mass is 35.5. The summed E-state index contributed by atoms with van der Waals surface area (Å²) in [7, 11) is 0. The Hall–Kier alpha value is -1.58. The van der Waals surface area contributed by atoms with Crippen LogP contribution in [0.3, 0.4) is 0 Å². The summed E-state index contributed by atoms with van der Waals surface area (Å²) in [5, 5.41) is 4.22. The molecule has 0 amide bonds. The zero-order chi connectivity index (χ0) is 14.5. The highest BCUT2D eigenvalue weighted by Crippen LogP contribution is 2.28. The van der Waals surface area contributed by atoms with Crippen molar-refractivity contribution in [3.8, 4) is 5.75 Å². The number of benzene rings is 1. The zero-order valence-electron chi connectivity index (χ0n) is 11.9. The second-order valence-corrected chi connectivity index (χ2v) is 5.91. The molecular weight excluding hydrogens is 284 g/mol. The molecule has 3 nitrogen and oxygen atoms in total. The van der Waals surface area contributed by atoms with E-state index in [9.17, 15) is 0 Å². The van der Waals surface area contributed by atoms with Crippen molar-refractivity contribution in [1.29, 1.82) is 0 Å². The first kappa shape index (κ1) is 14.4. The van der Waals surface area contributed by atoms with Crippen LogP contribution in [0, 0.1) is 5.92 Å². The molecule has 0 spiro atoms. The number of ether oxygens (including phenoxy) is 1. The number of aromatic nitrogens is 1. The van der Waals surface area contributed by atoms with E-state index in [1.807, 2.05) is 36.5 Å². The molecule has 0 saturated heterocycles. The summed E-state index contributed by atoms with van der Waals surface area (Å²) in [6.45, 7) is 2.39. The van der Waals surface area contributed by atoms with Gasteiger partial charge < -0.3 is 10.1 Å². The fourth-order valence-electron chi connectivity index (χ4n) is 2.20. The predicted octanol–water partition coefficient (Wildman–Crippen LogP) is 3.81. The summed E-state index contributed by atoms with van der Waals surface area (Å²) < 4.78 is 5.91. The molecule has 3 rings (SSSR count). The first-order chi connectivity index (χ1) is 10.3. The van der Waals surface area contributed by atoms with E-state index in [4.69, 9.17) is 16.3 Å². The number of nitrogens with one attached hydrogen (secondary N) is 1. The van der Waals surface area contributed by atoms with Gasteiger partial charge in [-0.2, -0.15) is 0 Å². The van der Waals surface area contributed by atoms with Gasteiger partial charge in [0, 0.05) is 35.1 Å². The lowest BCUT2D eigenvalue weighted by atomic mass is 10.2. The summed E-state index contributed by atoms with van der Waals surface area (Å²) in [4.78, 5) is 4.10. The van der Waals surface area contributed by atoms with Crippen LogP contribution in [0.4, 0.5) is 0 Å². The SMILES string of the molecule is Clc1ccc(OCc2cccnc2)c(CNCC2CC2)c1. The fraction of sp³-hybridized carbons (Fsp3) is 0.353. The Balaban J connectivity index is 1.62. The van der Waals surface area contributed by atoms with Crippen molar-refractivity contribution in [2.75, 3.05) is 6.54 Å². The Morgan fingerprint density at radius 1 is 1.29 bits per heavy atom. The average molecular weight is 303 g/mol. The molecule has 0 aliphatic heterocycles. The molecule has 0 radical (unpaired) electrons. The van der Waals surface area contributed by atoms with Gasteiger partial charge in [-0.1, -0.05) is 17.7 Å². The zero-order valence-corrected chi connectivity index (χ0v) is 12.6. The lowest BCUT2D eigenvalue weighted by molar-refractivity contribution is 0.301. The molecule has 110 valence electrons. The van der Waals surface area contributed by atoms with E-state index in [1.165, 1.54) is 12.8 Å². The smallest absolute Gasteiger partial charge is 0.124 e. The van der Waals surface area contributed by atoms with Crippen molar-refractivity contribution >= 4 is 11.6 Å². The van der Waals surface area contributed by atoms with Crippen molar-refractivity contribution in [3.63, 3.8) is 0 Å². The van der Waals surface area contributed by atoms with Gasteiger partial charge >= 0.3 is 0 Å². The maximum absolute atomic E-state index is 6.09. The normalized spacial score (nSPS) is 14.1. The molecule has 2 aromatic rings. The molecule has 0 unspecified atom stereocenters. The minimum atomic E-state index is 0.519. The summed E-state index contributed by atoms with van der Waals surface area (Å²) in [5.41, 5.74) is 2.16. The Labute approximate surface area is 130 Å². The topological polar surface area (TPSA) is 34.1 Å². The quantitative estimate of drug-likeness (QED) is 0.844. The molecule has 1 aliphatic rings. The Morgan fingerprint density at radius 2 is 2.19 bits per heavy atom. The van der Waals surface area contributed by atoms with E-state index in [-0.39, 0.29) is 0 Å². The van der Waals surface area contributed by atoms with Gasteiger partial charge in [-0.3, -0.25) is 4.98 Å². The molecule has 1 fully saturated rings. The minimum Gasteiger partial charge on any atom is -0.489 e. The molecule has 4 heteroatoms. The number of nitrogens with zero attached hydrogens (tertiary/aromatic N) is 1. The molecule has 1 aromatic carbocycles. The van der Waals surface area contributed by atoms with Gasteiger partial charge in [0.2, 0.25) is 0 Å². The van der Waals surface area contributed by atoms with Gasteiger partial charge in [-0.15, -0.1) is 0 Å². The van der Waals surface area contributed by atoms with Gasteiger partial charge in [0.15, 0.2) is 0 Å². The average Bonchev–Trinajstić information content (AvgIpc) is 3.32. The molecular formula is C17H19ClN2O. The number of rotatable bonds is 7. The Morgan fingerprint density at radius 3 is 2.95 bits per heavy atom. The summed E-state index contributed by atoms with van der Waals surface area (Å²) in [5.74, 6) is 1.75. The summed E-state index contributed by atoms with van der Waals surface area (Å²) in [6, 6.07) is 9.70. The second kappa shape index (κ2) is 6.92. The van der Waals surface area contributed by atoms with Crippen molar-refractivity contribution < 1.29 is 4.74 Å². The van der Waals surface area contributed by atoms with Crippen LogP contribution in [-0.2, 0) is 13.2 Å². The third kappa shape index (κ3) is 4.45. The van der Waals surface area contributed by atoms with Crippen LogP contribution in [0.5, 0.6) is 5.75 Å². The summed E-state index contributed by atoms with van der Waals surface area (Å²) in [6.07, 6.45) is 6.29. The lowest BCUT2D eigenvalue weighted by Crippen LogP contribution is -2.16. The van der Waals surface area contributed by atoms with E-state index >= 15 is 0 Å². The van der Waals surface area contributed by atoms with E-state index < -0.39 is 0 Å². The van der Waals surface area contributed by atoms with E-state index in [0.29, 0.717) is 6.61 Å². The molecule has 0 atom stereocenters. The molecule has 1 aliphatic carbocycles. The van der Waals surface area contributed by atoms with E-state index in [1.54, 1.807) is 6.20 Å². The largest absolute Gasteiger partial charge is 0.489 e. The second-order valence-electron chi connectivity index (χ2n) is 5.48. The first-order valence-corrected chi connectivity index (χ1v) is 7.70. The van der Waals surface area contributed by atoms with Crippen molar-refractivity contribution in [3.05, 3.63) is 58.9 Å². The molecule has 1 N–H and O–H groups in total. The van der Waals surface area contributed by atoms with Gasteiger partial charge in [0.25, 0.3) is 0 Å². The maximum Gasteiger partial charge on any atom is 0.124 e. The van der Waals surface area contributed by atoms with Crippen LogP contribution in [0.1, 0.15) is 24.0 Å². The van der Waals surface area contributed by atoms with Crippen LogP contribution < -0.4 is 10.1 Å². The van der Waals surface area contributed by atoms with E-state index in [0.717, 1.165) is 40.9 Å². The predicted molar refractivity (Wildman–Crippen MR) is 84.5 cm³/mol. The third-order valence-electron chi connectivity index (χ3n) is 3.59. The molecule has 1 heterocycles. The standard InChI is InChI=1S/C17H19ClN2O/c18-16-5-6-17(21-12-14-2-1-7-19-10-14)15(8-16)11-20-9-13-3-4-13/h1-2,5-8,10,13,20H,3-4,9,11-12H2. The molecule has 0 bridgehead atoms. The van der Waals surface area contributed by atoms with Crippen LogP contribution in [-0.4, -0.2) is 11.5 Å². The van der Waals surface area contributed by atoms with Crippen molar-refractivity contribution in [2.45, 2.75) is 26.0 Å². The lowest BCUT2D eigenvalue weighted by Gasteiger charge is -2.12. The van der Waals surface area contributed by atoms with Gasteiger partial charge in [-0.05, 0) is 49.6 Å². The van der Waals surface area contributed by atoms with Crippen LogP contribution in [0.2, 0.25) is 5.02 Å². The van der Waals surface area contributed by atoms with Crippen molar-refractivity contribution in [2.24, 2.45) is 5.92 Å². The highest BCUT2D eigenvalue weighted by molar-refractivity contribution is 6.30. The van der Waals surface area contributed by atoms with Gasteiger partial charge in [-0.25, -0.2) is 0 Å². The van der Waals surface area contributed by atoms with Crippen LogP contribution >= 0.6 is 11.6 Å². The molecule has 21 heavy (non-hydrogen) atoms. The minimum absolute atomic E-state index is 0.519. The number of hydrogen-bond donors (Lipinski definition) is 1. The summed E-state index contributed by atoms with van der Waals surface area (Å²) >= 11 is 6.09. The van der Waals surface area contributed by atoms with Gasteiger partial charge in [0.05, 0.1) is 0 Å². The first-order valence-electron chi connectivity index (χ1n) is 7.32. The Kier molecular flexibility index (Phi) is 4.73. The monoisotopic (exact) mass is 302 g/mol. The van der Waals surface area contributed by atoms with Gasteiger partial charge in [0.1, 0.15) is 12.4 Å².